The number of allylic oxidation sites excluding steroid dienone is 4. The summed E-state index contributed by atoms with van der Waals surface area (Å²) in [5.41, 5.74) is 6.53. The zero-order chi connectivity index (χ0) is 38.9. The first-order valence-electron chi connectivity index (χ1n) is 19.1. The first-order chi connectivity index (χ1) is 23.9. The first-order valence-corrected chi connectivity index (χ1v) is 30.9. The Morgan fingerprint density at radius 1 is 0.574 bits per heavy atom. The van der Waals surface area contributed by atoms with Gasteiger partial charge in [0.15, 0.2) is 0 Å². The van der Waals surface area contributed by atoms with Crippen LogP contribution in [0.3, 0.4) is 0 Å². The third-order valence-corrected chi connectivity index (χ3v) is 17.7. The minimum absolute atomic E-state index is 0. The molecule has 1 aliphatic rings. The van der Waals surface area contributed by atoms with E-state index in [1.807, 2.05) is 0 Å². The van der Waals surface area contributed by atoms with Gasteiger partial charge in [0.05, 0.1) is 0 Å². The average Bonchev–Trinajstić information content (AvgIpc) is 3.68. The van der Waals surface area contributed by atoms with E-state index in [0.29, 0.717) is 5.54 Å². The summed E-state index contributed by atoms with van der Waals surface area (Å²) < 4.78 is 1.42. The minimum atomic E-state index is -1.22. The van der Waals surface area contributed by atoms with Crippen LogP contribution in [0.15, 0.2) is 120 Å². The van der Waals surface area contributed by atoms with E-state index >= 15 is 0 Å². The summed E-state index contributed by atoms with van der Waals surface area (Å²) in [5, 5.41) is 8.86. The summed E-state index contributed by atoms with van der Waals surface area (Å²) in [6, 6.07) is 37.3. The van der Waals surface area contributed by atoms with Crippen molar-refractivity contribution in [2.75, 3.05) is 0 Å². The molecule has 5 aromatic carbocycles. The van der Waals surface area contributed by atoms with Crippen LogP contribution in [-0.2, 0) is 35.1 Å². The second-order valence-corrected chi connectivity index (χ2v) is 36.4. The molecule has 0 aliphatic heterocycles. The summed E-state index contributed by atoms with van der Waals surface area (Å²) in [4.78, 5) is 0. The van der Waals surface area contributed by atoms with Gasteiger partial charge in [-0.25, -0.2) is 10.4 Å². The van der Waals surface area contributed by atoms with Crippen molar-refractivity contribution in [2.45, 2.75) is 117 Å². The third-order valence-electron chi connectivity index (χ3n) is 9.95. The predicted molar refractivity (Wildman–Crippen MR) is 239 cm³/mol. The molecule has 1 aliphatic carbocycles. The molecule has 0 aromatic heterocycles. The quantitative estimate of drug-likeness (QED) is 0.123. The topological polar surface area (TPSA) is 0 Å². The Morgan fingerprint density at radius 3 is 1.26 bits per heavy atom. The van der Waals surface area contributed by atoms with Crippen molar-refractivity contribution >= 4 is 49.0 Å². The summed E-state index contributed by atoms with van der Waals surface area (Å²) >= 11 is 1.46. The van der Waals surface area contributed by atoms with Crippen LogP contribution in [-0.4, -0.2) is 27.4 Å². The molecule has 0 N–H and O–H groups in total. The molecule has 1 atom stereocenters. The van der Waals surface area contributed by atoms with Crippen molar-refractivity contribution in [1.82, 2.24) is 0 Å². The SMILES string of the molecule is CC(C)(C)c1ccc2c(c1)[cH-]c1cc(C(C)(C)C)ccc12.C[Si](C)(C)C1=[C-]C([Si](C)(C)C)C=C1[Si](C)(C)C.[Cl-].[Cl-].[Zr+2]=[C](c1ccccc1)c1ccccc1. The van der Waals surface area contributed by atoms with Gasteiger partial charge in [0, 0.05) is 16.1 Å². The summed E-state index contributed by atoms with van der Waals surface area (Å²) in [6.45, 7) is 35.9. The van der Waals surface area contributed by atoms with Crippen molar-refractivity contribution in [3.63, 3.8) is 0 Å². The van der Waals surface area contributed by atoms with Crippen LogP contribution in [0.5, 0.6) is 0 Å². The molecule has 6 rings (SSSR count). The van der Waals surface area contributed by atoms with Crippen molar-refractivity contribution < 1.29 is 49.0 Å². The van der Waals surface area contributed by atoms with E-state index in [1.165, 1.54) is 71.2 Å². The number of fused-ring (bicyclic) bond motifs is 3. The van der Waals surface area contributed by atoms with Gasteiger partial charge in [-0.15, -0.1) is 45.3 Å². The normalized spacial score (nSPS) is 14.8. The van der Waals surface area contributed by atoms with Gasteiger partial charge in [-0.3, -0.25) is 6.08 Å². The molecule has 5 aromatic rings. The molecule has 6 heteroatoms. The zero-order valence-electron chi connectivity index (χ0n) is 35.7. The molecule has 288 valence electrons. The molecule has 0 heterocycles. The zero-order valence-corrected chi connectivity index (χ0v) is 42.7. The van der Waals surface area contributed by atoms with E-state index in [2.05, 4.69) is 216 Å². The molecule has 0 spiro atoms. The van der Waals surface area contributed by atoms with Crippen LogP contribution < -0.4 is 24.8 Å². The van der Waals surface area contributed by atoms with E-state index in [-0.39, 0.29) is 35.6 Å². The van der Waals surface area contributed by atoms with Crippen LogP contribution in [0.2, 0.25) is 64.5 Å². The van der Waals surface area contributed by atoms with Crippen LogP contribution >= 0.6 is 0 Å². The summed E-state index contributed by atoms with van der Waals surface area (Å²) in [6.07, 6.45) is 6.51. The van der Waals surface area contributed by atoms with Gasteiger partial charge in [0.1, 0.15) is 0 Å². The molecule has 54 heavy (non-hydrogen) atoms. The van der Waals surface area contributed by atoms with Crippen molar-refractivity contribution in [3.05, 3.63) is 148 Å². The van der Waals surface area contributed by atoms with E-state index in [9.17, 15) is 0 Å². The number of hydrogen-bond donors (Lipinski definition) is 0. The second kappa shape index (κ2) is 18.6. The Morgan fingerprint density at radius 2 is 0.963 bits per heavy atom. The van der Waals surface area contributed by atoms with Crippen LogP contribution in [0.25, 0.3) is 21.5 Å². The van der Waals surface area contributed by atoms with Crippen molar-refractivity contribution in [3.8, 4) is 0 Å². The molecule has 0 amide bonds. The monoisotopic (exact) mass is 884 g/mol. The van der Waals surface area contributed by atoms with Crippen LogP contribution in [0.1, 0.15) is 63.8 Å². The molecule has 0 saturated carbocycles. The Balaban J connectivity index is 0.000000281. The molecular weight excluding hydrogens is 823 g/mol. The van der Waals surface area contributed by atoms with Gasteiger partial charge >= 0.3 is 99.2 Å². The van der Waals surface area contributed by atoms with Gasteiger partial charge in [-0.1, -0.05) is 136 Å². The number of benzene rings is 4. The summed E-state index contributed by atoms with van der Waals surface area (Å²) in [7, 11) is -3.55. The van der Waals surface area contributed by atoms with Gasteiger partial charge in [-0.2, -0.15) is 6.08 Å². The standard InChI is InChI=1S/C21H25.C14H29Si3.C13H10.2ClH.Zr/c1-20(2,3)16-7-9-18-14(12-16)11-15-13-17(21(4,5)6)8-10-19(15)18;1-15(2,3)12-10-13(16(4,5)6)14(11-12)17(7,8)9;1-3-7-12(8-4-1)11-13-9-5-2-6-10-13;;;/h7-13H,1-6H3;10,12H,1-9H3;1-10H;2*1H;/q2*-1;;;;+2/p-2. The van der Waals surface area contributed by atoms with E-state index in [1.54, 1.807) is 10.4 Å². The Labute approximate surface area is 359 Å². The molecule has 1 unspecified atom stereocenters. The van der Waals surface area contributed by atoms with Gasteiger partial charge < -0.3 is 24.8 Å². The fraction of sp³-hybridized carbons (Fsp3) is 0.375. The van der Waals surface area contributed by atoms with Crippen LogP contribution in [0.4, 0.5) is 0 Å². The fourth-order valence-corrected chi connectivity index (χ4v) is 14.2. The Hall–Kier alpha value is -1.79. The maximum atomic E-state index is 3.91. The first kappa shape index (κ1) is 48.4. The molecule has 0 bridgehead atoms. The molecule has 0 nitrogen and oxygen atoms in total. The molecule has 0 saturated heterocycles. The van der Waals surface area contributed by atoms with E-state index in [4.69, 9.17) is 0 Å². The Bertz CT molecular complexity index is 1920. The fourth-order valence-electron chi connectivity index (χ4n) is 6.57. The number of rotatable bonds is 5. The maximum absolute atomic E-state index is 3.91. The van der Waals surface area contributed by atoms with Crippen molar-refractivity contribution in [2.24, 2.45) is 0 Å². The number of hydrogen-bond acceptors (Lipinski definition) is 0. The van der Waals surface area contributed by atoms with E-state index < -0.39 is 24.2 Å². The van der Waals surface area contributed by atoms with Crippen LogP contribution in [0, 0.1) is 6.08 Å². The molecule has 0 fully saturated rings. The predicted octanol–water partition coefficient (Wildman–Crippen LogP) is 8.24. The Kier molecular flexibility index (Phi) is 16.7. The van der Waals surface area contributed by atoms with E-state index in [0.717, 1.165) is 0 Å². The van der Waals surface area contributed by atoms with Gasteiger partial charge in [0.2, 0.25) is 0 Å². The van der Waals surface area contributed by atoms with Crippen molar-refractivity contribution in [1.29, 1.82) is 0 Å². The summed E-state index contributed by atoms with van der Waals surface area (Å²) in [5.74, 6) is 0. The molecule has 0 radical (unpaired) electrons. The number of halogens is 2. The average molecular weight is 887 g/mol. The van der Waals surface area contributed by atoms with Gasteiger partial charge in [-0.05, 0) is 18.9 Å². The second-order valence-electron chi connectivity index (χ2n) is 19.8. The third kappa shape index (κ3) is 12.6. The molecular formula is C48H64Cl2Si3Zr-2. The van der Waals surface area contributed by atoms with Gasteiger partial charge in [0.25, 0.3) is 0 Å².